The predicted octanol–water partition coefficient (Wildman–Crippen LogP) is 2.72. The summed E-state index contributed by atoms with van der Waals surface area (Å²) >= 11 is 0. The van der Waals surface area contributed by atoms with E-state index in [1.54, 1.807) is 7.11 Å². The Kier molecular flexibility index (Phi) is 9.49. The lowest BCUT2D eigenvalue weighted by Crippen LogP contribution is -2.28. The highest BCUT2D eigenvalue weighted by Gasteiger charge is 2.04. The molecular formula is C13H26N2O2. The lowest BCUT2D eigenvalue weighted by molar-refractivity contribution is -0.123. The van der Waals surface area contributed by atoms with Crippen molar-refractivity contribution in [3.05, 3.63) is 0 Å². The van der Waals surface area contributed by atoms with Gasteiger partial charge in [-0.2, -0.15) is 0 Å². The Labute approximate surface area is 105 Å². The number of ether oxygens (including phenoxy) is 1. The van der Waals surface area contributed by atoms with E-state index in [0.29, 0.717) is 5.90 Å². The highest BCUT2D eigenvalue weighted by molar-refractivity contribution is 5.77. The van der Waals surface area contributed by atoms with Gasteiger partial charge in [0.1, 0.15) is 0 Å². The molecule has 0 radical (unpaired) electrons. The molecule has 0 rings (SSSR count). The summed E-state index contributed by atoms with van der Waals surface area (Å²) in [4.78, 5) is 11.2. The van der Waals surface area contributed by atoms with E-state index in [1.807, 2.05) is 13.8 Å². The monoisotopic (exact) mass is 242 g/mol. The Balaban J connectivity index is 3.19. The van der Waals surface area contributed by atoms with Gasteiger partial charge in [-0.3, -0.25) is 10.2 Å². The Hall–Kier alpha value is -1.06. The van der Waals surface area contributed by atoms with Crippen LogP contribution < -0.4 is 5.32 Å². The van der Waals surface area contributed by atoms with Crippen LogP contribution in [0.3, 0.4) is 0 Å². The molecule has 0 aliphatic heterocycles. The second-order valence-corrected chi connectivity index (χ2v) is 4.59. The van der Waals surface area contributed by atoms with Crippen LogP contribution in [0.5, 0.6) is 0 Å². The Morgan fingerprint density at radius 3 is 2.35 bits per heavy atom. The van der Waals surface area contributed by atoms with Crippen LogP contribution >= 0.6 is 0 Å². The van der Waals surface area contributed by atoms with Crippen LogP contribution in [0.15, 0.2) is 0 Å². The van der Waals surface area contributed by atoms with Crippen LogP contribution in [-0.2, 0) is 9.53 Å². The van der Waals surface area contributed by atoms with Crippen molar-refractivity contribution in [1.29, 1.82) is 5.41 Å². The van der Waals surface area contributed by atoms with Gasteiger partial charge in [0.25, 0.3) is 0 Å². The van der Waals surface area contributed by atoms with Crippen molar-refractivity contribution in [2.24, 2.45) is 5.92 Å². The summed E-state index contributed by atoms with van der Waals surface area (Å²) in [5.74, 6) is 0.586. The molecule has 2 N–H and O–H groups in total. The van der Waals surface area contributed by atoms with Gasteiger partial charge < -0.3 is 10.1 Å². The van der Waals surface area contributed by atoms with Crippen LogP contribution in [0.4, 0.5) is 0 Å². The largest absolute Gasteiger partial charge is 0.484 e. The fourth-order valence-corrected chi connectivity index (χ4v) is 1.46. The summed E-state index contributed by atoms with van der Waals surface area (Å²) in [7, 11) is 1.54. The molecule has 1 amide bonds. The molecule has 0 saturated carbocycles. The van der Waals surface area contributed by atoms with Crippen LogP contribution in [0, 0.1) is 11.3 Å². The second kappa shape index (κ2) is 10.1. The molecule has 4 nitrogen and oxygen atoms in total. The SMILES string of the molecule is COC(=N)CCCCCCCNC(=O)C(C)C. The van der Waals surface area contributed by atoms with Crippen molar-refractivity contribution in [2.45, 2.75) is 52.4 Å². The highest BCUT2D eigenvalue weighted by atomic mass is 16.5. The molecule has 4 heteroatoms. The lowest BCUT2D eigenvalue weighted by Gasteiger charge is -2.07. The van der Waals surface area contributed by atoms with Gasteiger partial charge in [-0.25, -0.2) is 0 Å². The van der Waals surface area contributed by atoms with E-state index in [4.69, 9.17) is 10.1 Å². The number of rotatable bonds is 9. The fourth-order valence-electron chi connectivity index (χ4n) is 1.46. The van der Waals surface area contributed by atoms with E-state index in [9.17, 15) is 4.79 Å². The van der Waals surface area contributed by atoms with Gasteiger partial charge in [-0.05, 0) is 12.8 Å². The van der Waals surface area contributed by atoms with Crippen LogP contribution in [0.25, 0.3) is 0 Å². The molecule has 0 aromatic carbocycles. The molecule has 0 bridgehead atoms. The molecule has 0 aliphatic carbocycles. The van der Waals surface area contributed by atoms with Gasteiger partial charge in [-0.15, -0.1) is 0 Å². The maximum Gasteiger partial charge on any atom is 0.222 e. The van der Waals surface area contributed by atoms with Crippen LogP contribution in [0.1, 0.15) is 52.4 Å². The van der Waals surface area contributed by atoms with Crippen molar-refractivity contribution >= 4 is 11.8 Å². The second-order valence-electron chi connectivity index (χ2n) is 4.59. The maximum atomic E-state index is 11.2. The lowest BCUT2D eigenvalue weighted by atomic mass is 10.1. The van der Waals surface area contributed by atoms with E-state index in [2.05, 4.69) is 5.32 Å². The zero-order chi connectivity index (χ0) is 13.1. The third-order valence-electron chi connectivity index (χ3n) is 2.65. The van der Waals surface area contributed by atoms with Crippen molar-refractivity contribution in [1.82, 2.24) is 5.32 Å². The van der Waals surface area contributed by atoms with Gasteiger partial charge >= 0.3 is 0 Å². The number of carbonyl (C=O) groups excluding carboxylic acids is 1. The Bertz CT molecular complexity index is 227. The molecular weight excluding hydrogens is 216 g/mol. The first-order chi connectivity index (χ1) is 8.07. The fraction of sp³-hybridized carbons (Fsp3) is 0.846. The molecule has 0 heterocycles. The summed E-state index contributed by atoms with van der Waals surface area (Å²) in [6, 6.07) is 0. The molecule has 100 valence electrons. The number of unbranched alkanes of at least 4 members (excludes halogenated alkanes) is 4. The van der Waals surface area contributed by atoms with Crippen molar-refractivity contribution in [3.8, 4) is 0 Å². The van der Waals surface area contributed by atoms with E-state index in [0.717, 1.165) is 45.1 Å². The summed E-state index contributed by atoms with van der Waals surface area (Å²) in [6.07, 6.45) is 6.23. The molecule has 0 spiro atoms. The molecule has 0 unspecified atom stereocenters. The first-order valence-electron chi connectivity index (χ1n) is 6.47. The Morgan fingerprint density at radius 1 is 1.18 bits per heavy atom. The van der Waals surface area contributed by atoms with Gasteiger partial charge in [0.15, 0.2) is 5.90 Å². The number of methoxy groups -OCH3 is 1. The normalized spacial score (nSPS) is 10.4. The third-order valence-corrected chi connectivity index (χ3v) is 2.65. The summed E-state index contributed by atoms with van der Waals surface area (Å²) in [5.41, 5.74) is 0. The van der Waals surface area contributed by atoms with E-state index >= 15 is 0 Å². The quantitative estimate of drug-likeness (QED) is 0.371. The van der Waals surface area contributed by atoms with Crippen LogP contribution in [0.2, 0.25) is 0 Å². The minimum atomic E-state index is 0.0788. The van der Waals surface area contributed by atoms with Gasteiger partial charge in [-0.1, -0.05) is 33.1 Å². The Morgan fingerprint density at radius 2 is 1.76 bits per heavy atom. The van der Waals surface area contributed by atoms with E-state index < -0.39 is 0 Å². The number of amides is 1. The highest BCUT2D eigenvalue weighted by Crippen LogP contribution is 2.05. The number of hydrogen-bond acceptors (Lipinski definition) is 3. The van der Waals surface area contributed by atoms with Gasteiger partial charge in [0, 0.05) is 18.9 Å². The first kappa shape index (κ1) is 15.9. The van der Waals surface area contributed by atoms with Crippen molar-refractivity contribution < 1.29 is 9.53 Å². The van der Waals surface area contributed by atoms with Gasteiger partial charge in [0.05, 0.1) is 7.11 Å². The van der Waals surface area contributed by atoms with Gasteiger partial charge in [0.2, 0.25) is 5.91 Å². The zero-order valence-electron chi connectivity index (χ0n) is 11.3. The predicted molar refractivity (Wildman–Crippen MR) is 70.3 cm³/mol. The average Bonchev–Trinajstić information content (AvgIpc) is 2.31. The minimum Gasteiger partial charge on any atom is -0.484 e. The van der Waals surface area contributed by atoms with Crippen molar-refractivity contribution in [3.63, 3.8) is 0 Å². The maximum absolute atomic E-state index is 11.2. The summed E-state index contributed by atoms with van der Waals surface area (Å²) < 4.78 is 4.78. The van der Waals surface area contributed by atoms with E-state index in [1.165, 1.54) is 0 Å². The zero-order valence-corrected chi connectivity index (χ0v) is 11.3. The summed E-state index contributed by atoms with van der Waals surface area (Å²) in [6.45, 7) is 4.59. The van der Waals surface area contributed by atoms with Crippen LogP contribution in [-0.4, -0.2) is 25.5 Å². The molecule has 0 aromatic rings. The van der Waals surface area contributed by atoms with Crippen molar-refractivity contribution in [2.75, 3.05) is 13.7 Å². The average molecular weight is 242 g/mol. The molecule has 17 heavy (non-hydrogen) atoms. The van der Waals surface area contributed by atoms with E-state index in [-0.39, 0.29) is 11.8 Å². The standard InChI is InChI=1S/C13H26N2O2/c1-11(2)13(16)15-10-8-6-4-5-7-9-12(14)17-3/h11,14H,4-10H2,1-3H3,(H,15,16). The molecule has 0 atom stereocenters. The number of hydrogen-bond donors (Lipinski definition) is 2. The summed E-state index contributed by atoms with van der Waals surface area (Å²) in [5, 5.41) is 10.2. The smallest absolute Gasteiger partial charge is 0.222 e. The number of carbonyl (C=O) groups is 1. The third kappa shape index (κ3) is 9.85. The molecule has 0 saturated heterocycles. The molecule has 0 fully saturated rings. The molecule has 0 aliphatic rings. The number of nitrogens with one attached hydrogen (secondary N) is 2. The minimum absolute atomic E-state index is 0.0788. The molecule has 0 aromatic heterocycles. The first-order valence-corrected chi connectivity index (χ1v) is 6.47. The topological polar surface area (TPSA) is 62.2 Å².